The van der Waals surface area contributed by atoms with Gasteiger partial charge in [-0.15, -0.1) is 0 Å². The summed E-state index contributed by atoms with van der Waals surface area (Å²) < 4.78 is 0. The number of amides is 1. The Kier molecular flexibility index (Phi) is 5.93. The van der Waals surface area contributed by atoms with Gasteiger partial charge < -0.3 is 15.1 Å². The van der Waals surface area contributed by atoms with E-state index in [2.05, 4.69) is 22.3 Å². The quantitative estimate of drug-likeness (QED) is 0.605. The monoisotopic (exact) mass is 389 g/mol. The maximum Gasteiger partial charge on any atom is 0.282 e. The molecule has 8 heteroatoms. The number of hydrogen-bond acceptors (Lipinski definition) is 4. The maximum atomic E-state index is 12.6. The number of nitrogens with one attached hydrogen (secondary N) is 2. The highest BCUT2D eigenvalue weighted by molar-refractivity contribution is 6.34. The Morgan fingerprint density at radius 3 is 2.48 bits per heavy atom. The van der Waals surface area contributed by atoms with Crippen LogP contribution in [-0.2, 0) is 4.79 Å². The van der Waals surface area contributed by atoms with Gasteiger partial charge in [0.1, 0.15) is 0 Å². The Labute approximate surface area is 162 Å². The molecule has 2 aromatic carbocycles. The second-order valence-electron chi connectivity index (χ2n) is 6.61. The van der Waals surface area contributed by atoms with Crippen molar-refractivity contribution in [2.24, 2.45) is 0 Å². The van der Waals surface area contributed by atoms with Crippen molar-refractivity contribution in [2.45, 2.75) is 13.0 Å². The average Bonchev–Trinajstić information content (AvgIpc) is 2.69. The number of benzene rings is 2. The van der Waals surface area contributed by atoms with Crippen LogP contribution in [0.15, 0.2) is 48.5 Å². The molecule has 1 fully saturated rings. The molecular weight excluding hydrogens is 368 g/mol. The van der Waals surface area contributed by atoms with Gasteiger partial charge in [-0.3, -0.25) is 14.9 Å². The molecule has 27 heavy (non-hydrogen) atoms. The Bertz CT molecular complexity index is 823. The number of hydrogen-bond donors (Lipinski definition) is 2. The zero-order valence-electron chi connectivity index (χ0n) is 15.0. The molecule has 1 aliphatic rings. The van der Waals surface area contributed by atoms with Crippen molar-refractivity contribution in [3.63, 3.8) is 0 Å². The Hall–Kier alpha value is -2.64. The topological polar surface area (TPSA) is 79.9 Å². The summed E-state index contributed by atoms with van der Waals surface area (Å²) in [6, 6.07) is 14.0. The number of halogens is 1. The van der Waals surface area contributed by atoms with Gasteiger partial charge >= 0.3 is 0 Å². The van der Waals surface area contributed by atoms with Crippen LogP contribution in [0.3, 0.4) is 0 Å². The van der Waals surface area contributed by atoms with Crippen LogP contribution in [0.5, 0.6) is 0 Å². The van der Waals surface area contributed by atoms with Gasteiger partial charge in [-0.05, 0) is 25.1 Å². The van der Waals surface area contributed by atoms with E-state index >= 15 is 0 Å². The van der Waals surface area contributed by atoms with E-state index in [1.54, 1.807) is 0 Å². The number of carbonyl (C=O) groups is 1. The smallest absolute Gasteiger partial charge is 0.282 e. The number of non-ortho nitro benzene ring substituents is 1. The Morgan fingerprint density at radius 2 is 1.89 bits per heavy atom. The molecule has 142 valence electrons. The van der Waals surface area contributed by atoms with Gasteiger partial charge in [-0.25, -0.2) is 0 Å². The third kappa shape index (κ3) is 4.56. The van der Waals surface area contributed by atoms with E-state index in [1.807, 2.05) is 25.1 Å². The molecule has 1 heterocycles. The predicted molar refractivity (Wildman–Crippen MR) is 106 cm³/mol. The first-order valence-corrected chi connectivity index (χ1v) is 9.23. The maximum absolute atomic E-state index is 12.6. The summed E-state index contributed by atoms with van der Waals surface area (Å²) in [7, 11) is 0. The first kappa shape index (κ1) is 19.1. The van der Waals surface area contributed by atoms with Gasteiger partial charge in [0.15, 0.2) is 6.04 Å². The fourth-order valence-corrected chi connectivity index (χ4v) is 3.49. The van der Waals surface area contributed by atoms with E-state index in [0.29, 0.717) is 5.69 Å². The highest BCUT2D eigenvalue weighted by atomic mass is 35.5. The molecule has 0 unspecified atom stereocenters. The second-order valence-corrected chi connectivity index (χ2v) is 7.02. The van der Waals surface area contributed by atoms with Crippen molar-refractivity contribution in [3.8, 4) is 0 Å². The van der Waals surface area contributed by atoms with Crippen LogP contribution in [0.2, 0.25) is 5.02 Å². The zero-order valence-corrected chi connectivity index (χ0v) is 15.8. The third-order valence-corrected chi connectivity index (χ3v) is 5.27. The third-order valence-electron chi connectivity index (χ3n) is 4.95. The molecule has 0 bridgehead atoms. The van der Waals surface area contributed by atoms with Gasteiger partial charge in [-0.2, -0.15) is 0 Å². The van der Waals surface area contributed by atoms with Gasteiger partial charge in [-0.1, -0.05) is 29.8 Å². The van der Waals surface area contributed by atoms with Crippen LogP contribution in [0, 0.1) is 10.1 Å². The number of anilines is 2. The molecule has 1 aliphatic heterocycles. The van der Waals surface area contributed by atoms with Crippen LogP contribution < -0.4 is 15.1 Å². The van der Waals surface area contributed by atoms with Crippen molar-refractivity contribution in [1.82, 2.24) is 0 Å². The van der Waals surface area contributed by atoms with Gasteiger partial charge in [0.2, 0.25) is 0 Å². The SMILES string of the molecule is C[C@@H](C(=O)Nc1ccc([N+](=O)[O-])cc1Cl)[NH+]1CCN(c2ccccc2)CC1. The molecule has 7 nitrogen and oxygen atoms in total. The van der Waals surface area contributed by atoms with Crippen molar-refractivity contribution in [3.05, 3.63) is 63.7 Å². The number of quaternary nitrogens is 1. The van der Waals surface area contributed by atoms with Crippen molar-refractivity contribution >= 4 is 34.6 Å². The lowest BCUT2D eigenvalue weighted by atomic mass is 10.2. The molecule has 1 saturated heterocycles. The van der Waals surface area contributed by atoms with Gasteiger partial charge in [0.05, 0.1) is 41.8 Å². The molecule has 0 radical (unpaired) electrons. The summed E-state index contributed by atoms with van der Waals surface area (Å²) in [5, 5.41) is 13.7. The predicted octanol–water partition coefficient (Wildman–Crippen LogP) is 1.98. The number of piperazine rings is 1. The summed E-state index contributed by atoms with van der Waals surface area (Å²) in [6.45, 7) is 5.38. The number of rotatable bonds is 5. The van der Waals surface area contributed by atoms with Crippen molar-refractivity contribution in [2.75, 3.05) is 36.4 Å². The minimum absolute atomic E-state index is 0.103. The largest absolute Gasteiger partial charge is 0.360 e. The van der Waals surface area contributed by atoms with Crippen LogP contribution in [-0.4, -0.2) is 43.1 Å². The molecule has 1 atom stereocenters. The van der Waals surface area contributed by atoms with E-state index in [0.717, 1.165) is 26.2 Å². The van der Waals surface area contributed by atoms with Crippen molar-refractivity contribution in [1.29, 1.82) is 0 Å². The summed E-state index contributed by atoms with van der Waals surface area (Å²) in [6.07, 6.45) is 0. The fourth-order valence-electron chi connectivity index (χ4n) is 3.27. The fraction of sp³-hybridized carbons (Fsp3) is 0.316. The van der Waals surface area contributed by atoms with Gasteiger partial charge in [0, 0.05) is 17.8 Å². The lowest BCUT2D eigenvalue weighted by Crippen LogP contribution is -3.19. The van der Waals surface area contributed by atoms with Crippen LogP contribution in [0.1, 0.15) is 6.92 Å². The minimum Gasteiger partial charge on any atom is -0.360 e. The van der Waals surface area contributed by atoms with E-state index in [-0.39, 0.29) is 22.7 Å². The molecule has 0 spiro atoms. The van der Waals surface area contributed by atoms with Crippen LogP contribution in [0.4, 0.5) is 17.1 Å². The molecule has 2 N–H and O–H groups in total. The Morgan fingerprint density at radius 1 is 1.22 bits per heavy atom. The van der Waals surface area contributed by atoms with E-state index in [9.17, 15) is 14.9 Å². The number of nitro benzene ring substituents is 1. The highest BCUT2D eigenvalue weighted by Crippen LogP contribution is 2.26. The number of nitrogens with zero attached hydrogens (tertiary/aromatic N) is 2. The van der Waals surface area contributed by atoms with Crippen LogP contribution in [0.25, 0.3) is 0 Å². The number of para-hydroxylation sites is 1. The molecule has 1 amide bonds. The van der Waals surface area contributed by atoms with E-state index in [1.165, 1.54) is 28.8 Å². The minimum atomic E-state index is -0.517. The molecule has 0 aliphatic carbocycles. The van der Waals surface area contributed by atoms with Crippen molar-refractivity contribution < 1.29 is 14.6 Å². The first-order valence-electron chi connectivity index (χ1n) is 8.85. The lowest BCUT2D eigenvalue weighted by molar-refractivity contribution is -0.914. The Balaban J connectivity index is 1.57. The summed E-state index contributed by atoms with van der Waals surface area (Å²) >= 11 is 6.06. The standard InChI is InChI=1S/C19H21ClN4O3/c1-14(19(25)21-18-8-7-16(24(26)27)13-17(18)20)22-9-11-23(12-10-22)15-5-3-2-4-6-15/h2-8,13-14H,9-12H2,1H3,(H,21,25)/p+1/t14-/m0/s1. The summed E-state index contributed by atoms with van der Waals surface area (Å²) in [4.78, 5) is 26.4. The molecule has 0 aromatic heterocycles. The first-order chi connectivity index (χ1) is 13.0. The molecule has 3 rings (SSSR count). The van der Waals surface area contributed by atoms with Crippen LogP contribution >= 0.6 is 11.6 Å². The zero-order chi connectivity index (χ0) is 19.4. The normalized spacial score (nSPS) is 16.0. The van der Waals surface area contributed by atoms with Gasteiger partial charge in [0.25, 0.3) is 11.6 Å². The average molecular weight is 390 g/mol. The summed E-state index contributed by atoms with van der Waals surface area (Å²) in [5.74, 6) is -0.145. The summed E-state index contributed by atoms with van der Waals surface area (Å²) in [5.41, 5.74) is 1.49. The van der Waals surface area contributed by atoms with E-state index in [4.69, 9.17) is 11.6 Å². The van der Waals surface area contributed by atoms with E-state index < -0.39 is 4.92 Å². The molecule has 0 saturated carbocycles. The highest BCUT2D eigenvalue weighted by Gasteiger charge is 2.29. The molecule has 2 aromatic rings. The molecular formula is C19H22ClN4O3+. The lowest BCUT2D eigenvalue weighted by Gasteiger charge is -2.36. The number of nitro groups is 1. The second kappa shape index (κ2) is 8.37. The number of carbonyl (C=O) groups excluding carboxylic acids is 1.